The predicted octanol–water partition coefficient (Wildman–Crippen LogP) is 3.65. The fraction of sp³-hybridized carbons (Fsp3) is 0.533. The zero-order chi connectivity index (χ0) is 14.7. The summed E-state index contributed by atoms with van der Waals surface area (Å²) in [5.74, 6) is 0.473. The van der Waals surface area contributed by atoms with E-state index in [-0.39, 0.29) is 17.4 Å². The molecule has 0 heterocycles. The minimum Gasteiger partial charge on any atom is -0.496 e. The molecular weight excluding hydrogens is 244 g/mol. The number of carboxylic acids is 1. The Morgan fingerprint density at radius 1 is 1.05 bits per heavy atom. The zero-order valence-electron chi connectivity index (χ0n) is 12.4. The maximum absolute atomic E-state index is 11.4. The lowest BCUT2D eigenvalue weighted by molar-refractivity contribution is 0.0694. The third-order valence-corrected chi connectivity index (χ3v) is 3.13. The molecule has 0 fully saturated rings. The molecule has 0 spiro atoms. The molecule has 0 saturated heterocycles. The van der Waals surface area contributed by atoms with E-state index in [1.165, 1.54) is 0 Å². The Bertz CT molecular complexity index is 476. The summed E-state index contributed by atoms with van der Waals surface area (Å²) in [5, 5.41) is 9.37. The second kappa shape index (κ2) is 5.95. The number of benzene rings is 1. The molecule has 1 rings (SSSR count). The fourth-order valence-corrected chi connectivity index (χ4v) is 2.35. The molecule has 0 radical (unpaired) electrons. The number of hydrogen-bond acceptors (Lipinski definition) is 3. The molecule has 0 amide bonds. The molecule has 1 aromatic carbocycles. The molecule has 106 valence electrons. The van der Waals surface area contributed by atoms with E-state index >= 15 is 0 Å². The third-order valence-electron chi connectivity index (χ3n) is 3.13. The predicted molar refractivity (Wildman–Crippen MR) is 74.7 cm³/mol. The summed E-state index contributed by atoms with van der Waals surface area (Å²) in [7, 11) is 3.11. The van der Waals surface area contributed by atoms with Crippen molar-refractivity contribution in [2.24, 2.45) is 0 Å². The average molecular weight is 266 g/mol. The molecule has 0 bridgehead atoms. The topological polar surface area (TPSA) is 55.8 Å². The molecular formula is C15H22O4. The SMILES string of the molecule is COc1cc(C(=O)O)c(C(C)C)c(OC)c1C(C)C. The van der Waals surface area contributed by atoms with Gasteiger partial charge in [0.2, 0.25) is 0 Å². The first kappa shape index (κ1) is 15.3. The van der Waals surface area contributed by atoms with Gasteiger partial charge in [-0.2, -0.15) is 0 Å². The summed E-state index contributed by atoms with van der Waals surface area (Å²) in [4.78, 5) is 11.4. The molecule has 1 N–H and O–H groups in total. The first-order valence-electron chi connectivity index (χ1n) is 6.37. The van der Waals surface area contributed by atoms with Gasteiger partial charge in [0.1, 0.15) is 11.5 Å². The number of carbonyl (C=O) groups is 1. The summed E-state index contributed by atoms with van der Waals surface area (Å²) < 4.78 is 10.8. The highest BCUT2D eigenvalue weighted by molar-refractivity contribution is 5.91. The average Bonchev–Trinajstić information content (AvgIpc) is 2.35. The van der Waals surface area contributed by atoms with Crippen molar-refractivity contribution in [3.05, 3.63) is 22.8 Å². The van der Waals surface area contributed by atoms with E-state index in [9.17, 15) is 9.90 Å². The molecule has 0 aromatic heterocycles. The quantitative estimate of drug-likeness (QED) is 0.883. The van der Waals surface area contributed by atoms with E-state index < -0.39 is 5.97 Å². The second-order valence-electron chi connectivity index (χ2n) is 5.10. The molecule has 19 heavy (non-hydrogen) atoms. The van der Waals surface area contributed by atoms with Crippen LogP contribution >= 0.6 is 0 Å². The van der Waals surface area contributed by atoms with E-state index in [0.29, 0.717) is 11.5 Å². The van der Waals surface area contributed by atoms with Gasteiger partial charge in [-0.3, -0.25) is 0 Å². The van der Waals surface area contributed by atoms with Crippen LogP contribution in [0.4, 0.5) is 0 Å². The minimum atomic E-state index is -0.962. The van der Waals surface area contributed by atoms with Crippen LogP contribution in [0.2, 0.25) is 0 Å². The van der Waals surface area contributed by atoms with Gasteiger partial charge >= 0.3 is 5.97 Å². The van der Waals surface area contributed by atoms with Crippen molar-refractivity contribution in [3.63, 3.8) is 0 Å². The van der Waals surface area contributed by atoms with Crippen molar-refractivity contribution in [1.82, 2.24) is 0 Å². The summed E-state index contributed by atoms with van der Waals surface area (Å²) in [5.41, 5.74) is 1.88. The number of methoxy groups -OCH3 is 2. The molecule has 1 aromatic rings. The van der Waals surface area contributed by atoms with Crippen molar-refractivity contribution in [3.8, 4) is 11.5 Å². The lowest BCUT2D eigenvalue weighted by Gasteiger charge is -2.23. The van der Waals surface area contributed by atoms with Crippen LogP contribution in [0.15, 0.2) is 6.07 Å². The highest BCUT2D eigenvalue weighted by Crippen LogP contribution is 2.42. The molecule has 0 saturated carbocycles. The number of hydrogen-bond donors (Lipinski definition) is 1. The summed E-state index contributed by atoms with van der Waals surface area (Å²) in [6.45, 7) is 7.98. The Morgan fingerprint density at radius 2 is 1.58 bits per heavy atom. The molecule has 0 aliphatic carbocycles. The van der Waals surface area contributed by atoms with Crippen LogP contribution < -0.4 is 9.47 Å². The van der Waals surface area contributed by atoms with Crippen molar-refractivity contribution in [1.29, 1.82) is 0 Å². The molecule has 0 unspecified atom stereocenters. The van der Waals surface area contributed by atoms with Crippen LogP contribution in [0.1, 0.15) is 61.0 Å². The summed E-state index contributed by atoms with van der Waals surface area (Å²) in [6, 6.07) is 1.59. The maximum Gasteiger partial charge on any atom is 0.336 e. The first-order valence-corrected chi connectivity index (χ1v) is 6.37. The molecule has 0 atom stereocenters. The van der Waals surface area contributed by atoms with Crippen LogP contribution in [0.25, 0.3) is 0 Å². The number of ether oxygens (including phenoxy) is 2. The van der Waals surface area contributed by atoms with Gasteiger partial charge in [0.25, 0.3) is 0 Å². The second-order valence-corrected chi connectivity index (χ2v) is 5.10. The number of carboxylic acid groups (broad SMARTS) is 1. The van der Waals surface area contributed by atoms with E-state index in [0.717, 1.165) is 11.1 Å². The van der Waals surface area contributed by atoms with Gasteiger partial charge in [0.05, 0.1) is 19.8 Å². The van der Waals surface area contributed by atoms with Crippen molar-refractivity contribution in [2.75, 3.05) is 14.2 Å². The van der Waals surface area contributed by atoms with E-state index in [1.807, 2.05) is 27.7 Å². The van der Waals surface area contributed by atoms with Gasteiger partial charge < -0.3 is 14.6 Å². The smallest absolute Gasteiger partial charge is 0.336 e. The van der Waals surface area contributed by atoms with Gasteiger partial charge in [-0.05, 0) is 17.9 Å². The van der Waals surface area contributed by atoms with Crippen LogP contribution in [0.3, 0.4) is 0 Å². The van der Waals surface area contributed by atoms with Crippen LogP contribution in [-0.2, 0) is 0 Å². The Labute approximate surface area is 114 Å². The summed E-state index contributed by atoms with van der Waals surface area (Å²) in [6.07, 6.45) is 0. The van der Waals surface area contributed by atoms with Crippen LogP contribution in [-0.4, -0.2) is 25.3 Å². The van der Waals surface area contributed by atoms with Gasteiger partial charge in [0, 0.05) is 11.1 Å². The molecule has 0 aliphatic rings. The molecule has 4 nitrogen and oxygen atoms in total. The van der Waals surface area contributed by atoms with Crippen molar-refractivity contribution in [2.45, 2.75) is 39.5 Å². The monoisotopic (exact) mass is 266 g/mol. The van der Waals surface area contributed by atoms with E-state index in [1.54, 1.807) is 20.3 Å². The molecule has 0 aliphatic heterocycles. The fourth-order valence-electron chi connectivity index (χ4n) is 2.35. The zero-order valence-corrected chi connectivity index (χ0v) is 12.4. The minimum absolute atomic E-state index is 0.0597. The lowest BCUT2D eigenvalue weighted by Crippen LogP contribution is -2.10. The van der Waals surface area contributed by atoms with Gasteiger partial charge in [-0.1, -0.05) is 27.7 Å². The lowest BCUT2D eigenvalue weighted by atomic mass is 9.89. The van der Waals surface area contributed by atoms with Crippen LogP contribution in [0.5, 0.6) is 11.5 Å². The Morgan fingerprint density at radius 3 is 1.89 bits per heavy atom. The highest BCUT2D eigenvalue weighted by Gasteiger charge is 2.26. The Balaban J connectivity index is 3.76. The first-order chi connectivity index (χ1) is 8.84. The van der Waals surface area contributed by atoms with Crippen LogP contribution in [0, 0.1) is 0 Å². The number of rotatable bonds is 5. The standard InChI is InChI=1S/C15H22O4/c1-8(2)12-10(15(16)17)7-11(18-5)13(9(3)4)14(12)19-6/h7-9H,1-6H3,(H,16,17). The normalized spacial score (nSPS) is 10.9. The maximum atomic E-state index is 11.4. The van der Waals surface area contributed by atoms with E-state index in [2.05, 4.69) is 0 Å². The number of aromatic carboxylic acids is 1. The highest BCUT2D eigenvalue weighted by atomic mass is 16.5. The Kier molecular flexibility index (Phi) is 4.81. The van der Waals surface area contributed by atoms with Gasteiger partial charge in [-0.25, -0.2) is 4.79 Å². The van der Waals surface area contributed by atoms with Crippen molar-refractivity contribution < 1.29 is 19.4 Å². The van der Waals surface area contributed by atoms with Crippen molar-refractivity contribution >= 4 is 5.97 Å². The van der Waals surface area contributed by atoms with E-state index in [4.69, 9.17) is 9.47 Å². The van der Waals surface area contributed by atoms with Gasteiger partial charge in [0.15, 0.2) is 0 Å². The largest absolute Gasteiger partial charge is 0.496 e. The van der Waals surface area contributed by atoms with Gasteiger partial charge in [-0.15, -0.1) is 0 Å². The third kappa shape index (κ3) is 2.83. The summed E-state index contributed by atoms with van der Waals surface area (Å²) >= 11 is 0. The molecule has 4 heteroatoms. The Hall–Kier alpha value is -1.71.